The number of carboxylic acid groups (broad SMARTS) is 1. The maximum absolute atomic E-state index is 10.7. The summed E-state index contributed by atoms with van der Waals surface area (Å²) in [5.41, 5.74) is -0.0503. The second-order valence-electron chi connectivity index (χ2n) is 4.73. The molecule has 1 N–H and O–H groups in total. The number of nitro groups is 1. The summed E-state index contributed by atoms with van der Waals surface area (Å²) in [6, 6.07) is 1.44. The first kappa shape index (κ1) is 15.6. The van der Waals surface area contributed by atoms with Gasteiger partial charge < -0.3 is 10.0 Å². The van der Waals surface area contributed by atoms with E-state index in [1.165, 1.54) is 12.3 Å². The zero-order valence-corrected chi connectivity index (χ0v) is 12.8. The van der Waals surface area contributed by atoms with Gasteiger partial charge in [-0.1, -0.05) is 0 Å². The fourth-order valence-electron chi connectivity index (χ4n) is 2.19. The Morgan fingerprint density at radius 1 is 1.43 bits per heavy atom. The predicted molar refractivity (Wildman–Crippen MR) is 79.5 cm³/mol. The van der Waals surface area contributed by atoms with Crippen LogP contribution in [0, 0.1) is 10.1 Å². The second kappa shape index (κ2) is 6.81. The van der Waals surface area contributed by atoms with Gasteiger partial charge in [-0.25, -0.2) is 4.98 Å². The summed E-state index contributed by atoms with van der Waals surface area (Å²) in [4.78, 5) is 29.0. The summed E-state index contributed by atoms with van der Waals surface area (Å²) in [5.74, 6) is -0.115. The number of aromatic nitrogens is 1. The third kappa shape index (κ3) is 4.11. The molecule has 114 valence electrons. The van der Waals surface area contributed by atoms with Crippen LogP contribution in [-0.4, -0.2) is 58.6 Å². The molecule has 1 saturated heterocycles. The van der Waals surface area contributed by atoms with E-state index in [0.717, 1.165) is 13.1 Å². The number of carboxylic acids is 1. The van der Waals surface area contributed by atoms with Crippen LogP contribution in [0.5, 0.6) is 0 Å². The topological polar surface area (TPSA) is 99.8 Å². The molecule has 2 heterocycles. The molecule has 0 aliphatic carbocycles. The summed E-state index contributed by atoms with van der Waals surface area (Å²) in [6.45, 7) is 3.46. The first-order valence-electron chi connectivity index (χ1n) is 6.46. The fraction of sp³-hybridized carbons (Fsp3) is 0.500. The normalized spacial score (nSPS) is 16.0. The monoisotopic (exact) mass is 358 g/mol. The van der Waals surface area contributed by atoms with Gasteiger partial charge in [-0.3, -0.25) is 19.8 Å². The van der Waals surface area contributed by atoms with Crippen molar-refractivity contribution in [1.82, 2.24) is 9.88 Å². The largest absolute Gasteiger partial charge is 0.481 e. The molecule has 1 aliphatic rings. The molecule has 0 radical (unpaired) electrons. The minimum absolute atomic E-state index is 0.0503. The van der Waals surface area contributed by atoms with Gasteiger partial charge in [-0.2, -0.15) is 0 Å². The highest BCUT2D eigenvalue weighted by Crippen LogP contribution is 2.28. The minimum atomic E-state index is -0.794. The van der Waals surface area contributed by atoms with Gasteiger partial charge in [-0.15, -0.1) is 0 Å². The Hall–Kier alpha value is -1.74. The molecule has 1 aromatic heterocycles. The molecule has 1 fully saturated rings. The van der Waals surface area contributed by atoms with Crippen molar-refractivity contribution < 1.29 is 14.8 Å². The standard InChI is InChI=1S/C12H15BrN4O4/c13-10-7-9(17(20)21)8-14-12(10)16-5-3-15(4-6-16)2-1-11(18)19/h7-8H,1-6H2,(H,18,19). The molecule has 21 heavy (non-hydrogen) atoms. The van der Waals surface area contributed by atoms with E-state index >= 15 is 0 Å². The molecule has 0 spiro atoms. The zero-order chi connectivity index (χ0) is 15.4. The number of pyridine rings is 1. The summed E-state index contributed by atoms with van der Waals surface area (Å²) in [6.07, 6.45) is 1.39. The Morgan fingerprint density at radius 2 is 2.10 bits per heavy atom. The van der Waals surface area contributed by atoms with E-state index in [4.69, 9.17) is 5.11 Å². The molecule has 1 aromatic rings. The highest BCUT2D eigenvalue weighted by Gasteiger charge is 2.21. The van der Waals surface area contributed by atoms with Crippen LogP contribution in [0.4, 0.5) is 11.5 Å². The van der Waals surface area contributed by atoms with E-state index in [1.54, 1.807) is 0 Å². The first-order valence-corrected chi connectivity index (χ1v) is 7.25. The Balaban J connectivity index is 1.96. The average molecular weight is 359 g/mol. The number of aliphatic carboxylic acids is 1. The van der Waals surface area contributed by atoms with Gasteiger partial charge >= 0.3 is 5.97 Å². The van der Waals surface area contributed by atoms with Crippen molar-refractivity contribution in [1.29, 1.82) is 0 Å². The number of piperazine rings is 1. The van der Waals surface area contributed by atoms with Gasteiger partial charge in [0.25, 0.3) is 5.69 Å². The number of nitrogens with zero attached hydrogens (tertiary/aromatic N) is 4. The summed E-state index contributed by atoms with van der Waals surface area (Å²) < 4.78 is 0.593. The van der Waals surface area contributed by atoms with Crippen molar-refractivity contribution in [2.75, 3.05) is 37.6 Å². The number of carbonyl (C=O) groups is 1. The lowest BCUT2D eigenvalue weighted by Crippen LogP contribution is -2.47. The lowest BCUT2D eigenvalue weighted by atomic mass is 10.2. The quantitative estimate of drug-likeness (QED) is 0.626. The maximum atomic E-state index is 10.7. The van der Waals surface area contributed by atoms with Crippen LogP contribution in [0.15, 0.2) is 16.7 Å². The van der Waals surface area contributed by atoms with Gasteiger partial charge in [0.05, 0.1) is 15.8 Å². The van der Waals surface area contributed by atoms with E-state index < -0.39 is 10.9 Å². The van der Waals surface area contributed by atoms with Crippen LogP contribution < -0.4 is 4.90 Å². The van der Waals surface area contributed by atoms with Gasteiger partial charge in [0.1, 0.15) is 12.0 Å². The molecule has 8 nitrogen and oxygen atoms in total. The van der Waals surface area contributed by atoms with Crippen LogP contribution in [0.3, 0.4) is 0 Å². The second-order valence-corrected chi connectivity index (χ2v) is 5.58. The van der Waals surface area contributed by atoms with E-state index in [0.29, 0.717) is 29.9 Å². The number of hydrogen-bond acceptors (Lipinski definition) is 6. The molecule has 0 saturated carbocycles. The predicted octanol–water partition coefficient (Wildman–Crippen LogP) is 1.35. The van der Waals surface area contributed by atoms with E-state index in [2.05, 4.69) is 25.8 Å². The van der Waals surface area contributed by atoms with Gasteiger partial charge in [0.2, 0.25) is 0 Å². The molecular formula is C12H15BrN4O4. The third-order valence-corrected chi connectivity index (χ3v) is 3.92. The van der Waals surface area contributed by atoms with Crippen molar-refractivity contribution >= 4 is 33.4 Å². The Labute approximate surface area is 129 Å². The SMILES string of the molecule is O=C(O)CCN1CCN(c2ncc([N+](=O)[O-])cc2Br)CC1. The van der Waals surface area contributed by atoms with Crippen molar-refractivity contribution in [3.63, 3.8) is 0 Å². The molecule has 0 aromatic carbocycles. The molecule has 0 amide bonds. The van der Waals surface area contributed by atoms with Crippen LogP contribution in [0.2, 0.25) is 0 Å². The lowest BCUT2D eigenvalue weighted by molar-refractivity contribution is -0.385. The van der Waals surface area contributed by atoms with Crippen LogP contribution in [0.1, 0.15) is 6.42 Å². The minimum Gasteiger partial charge on any atom is -0.481 e. The first-order chi connectivity index (χ1) is 9.97. The van der Waals surface area contributed by atoms with E-state index in [9.17, 15) is 14.9 Å². The van der Waals surface area contributed by atoms with Crippen molar-refractivity contribution in [2.24, 2.45) is 0 Å². The summed E-state index contributed by atoms with van der Waals surface area (Å²) >= 11 is 3.32. The molecule has 0 atom stereocenters. The average Bonchev–Trinajstić information content (AvgIpc) is 2.45. The number of anilines is 1. The van der Waals surface area contributed by atoms with Crippen molar-refractivity contribution in [3.05, 3.63) is 26.9 Å². The highest BCUT2D eigenvalue weighted by atomic mass is 79.9. The zero-order valence-electron chi connectivity index (χ0n) is 11.2. The summed E-state index contributed by atoms with van der Waals surface area (Å²) in [5, 5.41) is 19.4. The van der Waals surface area contributed by atoms with Crippen LogP contribution in [-0.2, 0) is 4.79 Å². The van der Waals surface area contributed by atoms with Crippen LogP contribution >= 0.6 is 15.9 Å². The third-order valence-electron chi connectivity index (χ3n) is 3.33. The molecule has 0 unspecified atom stereocenters. The Kier molecular flexibility index (Phi) is 5.07. The van der Waals surface area contributed by atoms with E-state index in [1.807, 2.05) is 4.90 Å². The van der Waals surface area contributed by atoms with Gasteiger partial charge in [0.15, 0.2) is 0 Å². The van der Waals surface area contributed by atoms with Crippen molar-refractivity contribution in [2.45, 2.75) is 6.42 Å². The number of hydrogen-bond donors (Lipinski definition) is 1. The lowest BCUT2D eigenvalue weighted by Gasteiger charge is -2.35. The smallest absolute Gasteiger partial charge is 0.304 e. The molecular weight excluding hydrogens is 344 g/mol. The Morgan fingerprint density at radius 3 is 2.62 bits per heavy atom. The number of rotatable bonds is 5. The number of halogens is 1. The van der Waals surface area contributed by atoms with E-state index in [-0.39, 0.29) is 12.1 Å². The van der Waals surface area contributed by atoms with Crippen molar-refractivity contribution in [3.8, 4) is 0 Å². The Bertz CT molecular complexity index is 546. The van der Waals surface area contributed by atoms with Crippen LogP contribution in [0.25, 0.3) is 0 Å². The molecule has 1 aliphatic heterocycles. The molecule has 9 heteroatoms. The molecule has 0 bridgehead atoms. The van der Waals surface area contributed by atoms with Gasteiger partial charge in [-0.05, 0) is 15.9 Å². The maximum Gasteiger partial charge on any atom is 0.304 e. The van der Waals surface area contributed by atoms with Gasteiger partial charge in [0, 0.05) is 38.8 Å². The molecule has 2 rings (SSSR count). The highest BCUT2D eigenvalue weighted by molar-refractivity contribution is 9.10. The summed E-state index contributed by atoms with van der Waals surface area (Å²) in [7, 11) is 0. The fourth-order valence-corrected chi connectivity index (χ4v) is 2.78.